The highest BCUT2D eigenvalue weighted by atomic mass is 32.1. The van der Waals surface area contributed by atoms with Crippen molar-refractivity contribution in [1.29, 1.82) is 0 Å². The molecule has 0 bridgehead atoms. The molecule has 0 aromatic carbocycles. The van der Waals surface area contributed by atoms with Crippen molar-refractivity contribution in [3.05, 3.63) is 40.4 Å². The molecular formula is C11H14N4S. The average Bonchev–Trinajstić information content (AvgIpc) is 2.79. The summed E-state index contributed by atoms with van der Waals surface area (Å²) in [4.78, 5) is 12.8. The van der Waals surface area contributed by atoms with Crippen LogP contribution in [-0.4, -0.2) is 15.0 Å². The highest BCUT2D eigenvalue weighted by Gasteiger charge is 2.10. The number of hydrogen-bond donors (Lipinski definition) is 1. The maximum absolute atomic E-state index is 4.34. The van der Waals surface area contributed by atoms with Crippen molar-refractivity contribution in [3.63, 3.8) is 0 Å². The average molecular weight is 234 g/mol. The molecule has 1 N–H and O–H groups in total. The quantitative estimate of drug-likeness (QED) is 0.880. The third-order valence-electron chi connectivity index (χ3n) is 2.37. The van der Waals surface area contributed by atoms with Gasteiger partial charge in [0.2, 0.25) is 0 Å². The van der Waals surface area contributed by atoms with E-state index < -0.39 is 0 Å². The lowest BCUT2D eigenvalue weighted by molar-refractivity contribution is 0.554. The molecule has 1 unspecified atom stereocenters. The first-order valence-electron chi connectivity index (χ1n) is 5.16. The van der Waals surface area contributed by atoms with E-state index in [1.165, 1.54) is 0 Å². The van der Waals surface area contributed by atoms with E-state index in [2.05, 4.69) is 27.2 Å². The van der Waals surface area contributed by atoms with E-state index in [4.69, 9.17) is 0 Å². The predicted octanol–water partition coefficient (Wildman–Crippen LogP) is 2.09. The number of nitrogens with one attached hydrogen (secondary N) is 1. The number of aryl methyl sites for hydroxylation is 1. The Morgan fingerprint density at radius 2 is 2.06 bits per heavy atom. The summed E-state index contributed by atoms with van der Waals surface area (Å²) in [5.41, 5.74) is 1.97. The second-order valence-electron chi connectivity index (χ2n) is 3.56. The molecule has 0 fully saturated rings. The van der Waals surface area contributed by atoms with E-state index in [-0.39, 0.29) is 6.04 Å². The molecule has 2 heterocycles. The van der Waals surface area contributed by atoms with Crippen LogP contribution in [0.2, 0.25) is 0 Å². The topological polar surface area (TPSA) is 50.7 Å². The Balaban J connectivity index is 1.98. The largest absolute Gasteiger partial charge is 0.302 e. The van der Waals surface area contributed by atoms with E-state index in [0.717, 1.165) is 22.9 Å². The molecule has 2 aromatic rings. The second kappa shape index (κ2) is 5.14. The molecule has 4 nitrogen and oxygen atoms in total. The summed E-state index contributed by atoms with van der Waals surface area (Å²) in [6, 6.07) is 0.192. The molecule has 2 rings (SSSR count). The van der Waals surface area contributed by atoms with Gasteiger partial charge in [-0.05, 0) is 13.8 Å². The minimum atomic E-state index is 0.192. The van der Waals surface area contributed by atoms with Crippen molar-refractivity contribution in [3.8, 4) is 0 Å². The van der Waals surface area contributed by atoms with Crippen molar-refractivity contribution < 1.29 is 0 Å². The SMILES string of the molecule is Cc1nccnc1C(C)NCc1nccs1. The Morgan fingerprint density at radius 1 is 1.25 bits per heavy atom. The fourth-order valence-corrected chi connectivity index (χ4v) is 2.09. The van der Waals surface area contributed by atoms with Crippen molar-refractivity contribution in [2.24, 2.45) is 0 Å². The van der Waals surface area contributed by atoms with Crippen LogP contribution in [-0.2, 0) is 6.54 Å². The molecular weight excluding hydrogens is 220 g/mol. The minimum absolute atomic E-state index is 0.192. The van der Waals surface area contributed by atoms with Crippen LogP contribution < -0.4 is 5.32 Å². The van der Waals surface area contributed by atoms with Gasteiger partial charge in [0.05, 0.1) is 11.4 Å². The normalized spacial score (nSPS) is 12.6. The predicted molar refractivity (Wildman–Crippen MR) is 64.1 cm³/mol. The zero-order chi connectivity index (χ0) is 11.4. The van der Waals surface area contributed by atoms with E-state index >= 15 is 0 Å². The molecule has 0 aliphatic carbocycles. The van der Waals surface area contributed by atoms with Gasteiger partial charge in [-0.25, -0.2) is 4.98 Å². The number of nitrogens with zero attached hydrogens (tertiary/aromatic N) is 3. The molecule has 0 radical (unpaired) electrons. The maximum Gasteiger partial charge on any atom is 0.106 e. The zero-order valence-electron chi connectivity index (χ0n) is 9.34. The van der Waals surface area contributed by atoms with E-state index in [1.54, 1.807) is 23.7 Å². The van der Waals surface area contributed by atoms with E-state index in [9.17, 15) is 0 Å². The lowest BCUT2D eigenvalue weighted by Crippen LogP contribution is -2.20. The molecule has 0 saturated heterocycles. The molecule has 0 aliphatic heterocycles. The zero-order valence-corrected chi connectivity index (χ0v) is 10.2. The lowest BCUT2D eigenvalue weighted by Gasteiger charge is -2.13. The molecule has 5 heteroatoms. The summed E-state index contributed by atoms with van der Waals surface area (Å²) in [7, 11) is 0. The molecule has 0 spiro atoms. The van der Waals surface area contributed by atoms with E-state index in [1.807, 2.05) is 18.5 Å². The Morgan fingerprint density at radius 3 is 2.75 bits per heavy atom. The van der Waals surface area contributed by atoms with Gasteiger partial charge in [0, 0.05) is 36.6 Å². The summed E-state index contributed by atoms with van der Waals surface area (Å²) in [5, 5.41) is 6.46. The van der Waals surface area contributed by atoms with Gasteiger partial charge in [0.15, 0.2) is 0 Å². The van der Waals surface area contributed by atoms with Crippen molar-refractivity contribution >= 4 is 11.3 Å². The Kier molecular flexibility index (Phi) is 3.58. The minimum Gasteiger partial charge on any atom is -0.302 e. The molecule has 0 aliphatic rings. The number of hydrogen-bond acceptors (Lipinski definition) is 5. The monoisotopic (exact) mass is 234 g/mol. The first kappa shape index (κ1) is 11.2. The smallest absolute Gasteiger partial charge is 0.106 e. The number of thiazole rings is 1. The van der Waals surface area contributed by atoms with Crippen molar-refractivity contribution in [2.45, 2.75) is 26.4 Å². The summed E-state index contributed by atoms with van der Waals surface area (Å²) in [5.74, 6) is 0. The van der Waals surface area contributed by atoms with Gasteiger partial charge >= 0.3 is 0 Å². The first-order valence-corrected chi connectivity index (χ1v) is 6.04. The summed E-state index contributed by atoms with van der Waals surface area (Å²) in [6.45, 7) is 4.84. The third-order valence-corrected chi connectivity index (χ3v) is 3.15. The highest BCUT2D eigenvalue weighted by Crippen LogP contribution is 2.13. The fraction of sp³-hybridized carbons (Fsp3) is 0.364. The summed E-state index contributed by atoms with van der Waals surface area (Å²) in [6.07, 6.45) is 5.26. The fourth-order valence-electron chi connectivity index (χ4n) is 1.52. The van der Waals surface area contributed by atoms with Gasteiger partial charge in [-0.15, -0.1) is 11.3 Å². The van der Waals surface area contributed by atoms with E-state index in [0.29, 0.717) is 0 Å². The second-order valence-corrected chi connectivity index (χ2v) is 4.53. The van der Waals surface area contributed by atoms with Crippen LogP contribution in [0.1, 0.15) is 29.4 Å². The third kappa shape index (κ3) is 2.62. The molecule has 1 atom stereocenters. The Bertz CT molecular complexity index is 441. The van der Waals surface area contributed by atoms with Gasteiger partial charge in [0.25, 0.3) is 0 Å². The summed E-state index contributed by atoms with van der Waals surface area (Å²) < 4.78 is 0. The molecule has 16 heavy (non-hydrogen) atoms. The molecule has 84 valence electrons. The van der Waals surface area contributed by atoms with Crippen LogP contribution in [0.4, 0.5) is 0 Å². The molecule has 0 saturated carbocycles. The van der Waals surface area contributed by atoms with Crippen LogP contribution >= 0.6 is 11.3 Å². The Hall–Kier alpha value is -1.33. The number of aromatic nitrogens is 3. The van der Waals surface area contributed by atoms with Crippen LogP contribution in [0.3, 0.4) is 0 Å². The lowest BCUT2D eigenvalue weighted by atomic mass is 10.2. The molecule has 0 amide bonds. The standard InChI is InChI=1S/C11H14N4S/c1-8-11(14-4-3-12-8)9(2)15-7-10-13-5-6-16-10/h3-6,9,15H,7H2,1-2H3. The van der Waals surface area contributed by atoms with Gasteiger partial charge in [-0.3, -0.25) is 9.97 Å². The molecule has 2 aromatic heterocycles. The highest BCUT2D eigenvalue weighted by molar-refractivity contribution is 7.09. The van der Waals surface area contributed by atoms with Gasteiger partial charge in [-0.2, -0.15) is 0 Å². The van der Waals surface area contributed by atoms with Gasteiger partial charge in [0.1, 0.15) is 5.01 Å². The van der Waals surface area contributed by atoms with Crippen molar-refractivity contribution in [2.75, 3.05) is 0 Å². The number of rotatable bonds is 4. The van der Waals surface area contributed by atoms with Crippen LogP contribution in [0.15, 0.2) is 24.0 Å². The van der Waals surface area contributed by atoms with Gasteiger partial charge in [-0.1, -0.05) is 0 Å². The van der Waals surface area contributed by atoms with Gasteiger partial charge < -0.3 is 5.32 Å². The Labute approximate surface area is 98.8 Å². The van der Waals surface area contributed by atoms with Crippen LogP contribution in [0.5, 0.6) is 0 Å². The van der Waals surface area contributed by atoms with Crippen LogP contribution in [0.25, 0.3) is 0 Å². The maximum atomic E-state index is 4.34. The first-order chi connectivity index (χ1) is 7.77. The van der Waals surface area contributed by atoms with Crippen LogP contribution in [0, 0.1) is 6.92 Å². The summed E-state index contributed by atoms with van der Waals surface area (Å²) >= 11 is 1.65. The van der Waals surface area contributed by atoms with Crippen molar-refractivity contribution in [1.82, 2.24) is 20.3 Å².